The lowest BCUT2D eigenvalue weighted by Crippen LogP contribution is -2.45. The van der Waals surface area contributed by atoms with Crippen LogP contribution >= 0.6 is 0 Å². The first-order chi connectivity index (χ1) is 29.2. The molecule has 0 spiro atoms. The molecule has 0 bridgehead atoms. The van der Waals surface area contributed by atoms with Crippen molar-refractivity contribution < 1.29 is 15.0 Å². The van der Waals surface area contributed by atoms with Crippen molar-refractivity contribution in [3.63, 3.8) is 0 Å². The normalized spacial score (nSPS) is 12.8. The topological polar surface area (TPSA) is 69.6 Å². The Labute approximate surface area is 371 Å². The molecule has 0 aliphatic carbocycles. The molecule has 0 aromatic carbocycles. The van der Waals surface area contributed by atoms with Gasteiger partial charge in [-0.05, 0) is 38.5 Å². The Morgan fingerprint density at radius 1 is 0.390 bits per heavy atom. The maximum absolute atomic E-state index is 12.5. The number of hydrogen-bond donors (Lipinski definition) is 3. The Morgan fingerprint density at radius 2 is 0.644 bits per heavy atom. The van der Waals surface area contributed by atoms with Crippen molar-refractivity contribution in [1.82, 2.24) is 5.32 Å². The summed E-state index contributed by atoms with van der Waals surface area (Å²) in [4.78, 5) is 12.5. The Morgan fingerprint density at radius 3 is 0.932 bits per heavy atom. The van der Waals surface area contributed by atoms with Crippen LogP contribution in [0.4, 0.5) is 0 Å². The standard InChI is InChI=1S/C55H109NO3/c1-3-5-7-9-11-13-15-17-19-21-23-25-27-29-30-32-34-36-38-40-42-44-46-48-50-54(58)53(52-57)56-55(59)51-49-47-45-43-41-39-37-35-33-31-28-26-24-22-20-18-16-14-12-10-8-6-4-2/h22,24,53-54,57-58H,3-21,23,25-52H2,1-2H3,(H,56,59)/b24-22-. The van der Waals surface area contributed by atoms with E-state index in [0.717, 1.165) is 25.7 Å². The Balaban J connectivity index is 3.43. The molecule has 0 radical (unpaired) electrons. The number of carbonyl (C=O) groups excluding carboxylic acids is 1. The molecule has 0 saturated carbocycles. The van der Waals surface area contributed by atoms with E-state index in [1.165, 1.54) is 263 Å². The molecule has 1 amide bonds. The van der Waals surface area contributed by atoms with Crippen molar-refractivity contribution in [2.75, 3.05) is 6.61 Å². The molecule has 0 fully saturated rings. The number of rotatable bonds is 51. The van der Waals surface area contributed by atoms with E-state index in [1.54, 1.807) is 0 Å². The molecule has 0 aliphatic rings. The van der Waals surface area contributed by atoms with Crippen LogP contribution in [0.2, 0.25) is 0 Å². The lowest BCUT2D eigenvalue weighted by molar-refractivity contribution is -0.123. The number of unbranched alkanes of at least 4 members (excludes halogenated alkanes) is 42. The molecular weight excluding hydrogens is 723 g/mol. The summed E-state index contributed by atoms with van der Waals surface area (Å²) in [5, 5.41) is 23.3. The number of aliphatic hydroxyl groups is 2. The van der Waals surface area contributed by atoms with Gasteiger partial charge in [0.05, 0.1) is 18.8 Å². The maximum Gasteiger partial charge on any atom is 0.220 e. The van der Waals surface area contributed by atoms with Crippen LogP contribution in [-0.4, -0.2) is 34.9 Å². The van der Waals surface area contributed by atoms with Crippen molar-refractivity contribution in [2.45, 2.75) is 328 Å². The van der Waals surface area contributed by atoms with E-state index in [2.05, 4.69) is 31.3 Å². The Hall–Kier alpha value is -0.870. The minimum Gasteiger partial charge on any atom is -0.394 e. The molecule has 0 aromatic heterocycles. The molecule has 0 aromatic rings. The predicted octanol–water partition coefficient (Wildman–Crippen LogP) is 17.8. The highest BCUT2D eigenvalue weighted by Gasteiger charge is 2.20. The van der Waals surface area contributed by atoms with Gasteiger partial charge in [-0.1, -0.05) is 283 Å². The zero-order chi connectivity index (χ0) is 42.8. The Bertz CT molecular complexity index is 814. The van der Waals surface area contributed by atoms with E-state index < -0.39 is 12.1 Å². The summed E-state index contributed by atoms with van der Waals surface area (Å²) in [6.07, 6.45) is 66.2. The fourth-order valence-electron chi connectivity index (χ4n) is 8.83. The van der Waals surface area contributed by atoms with Crippen LogP contribution in [0.15, 0.2) is 12.2 Å². The quantitative estimate of drug-likeness (QED) is 0.0422. The lowest BCUT2D eigenvalue weighted by atomic mass is 10.0. The highest BCUT2D eigenvalue weighted by molar-refractivity contribution is 5.76. The van der Waals surface area contributed by atoms with Crippen LogP contribution in [-0.2, 0) is 4.79 Å². The van der Waals surface area contributed by atoms with Gasteiger partial charge < -0.3 is 15.5 Å². The van der Waals surface area contributed by atoms with E-state index in [1.807, 2.05) is 0 Å². The molecule has 2 unspecified atom stereocenters. The Kier molecular flexibility index (Phi) is 50.7. The SMILES string of the molecule is CCCCCCCCCC/C=C\CCCCCCCCCCCCCC(=O)NC(CO)C(O)CCCCCCCCCCCCCCCCCCCCCCCCCC. The van der Waals surface area contributed by atoms with Gasteiger partial charge in [0, 0.05) is 6.42 Å². The molecule has 352 valence electrons. The number of hydrogen-bond acceptors (Lipinski definition) is 3. The summed E-state index contributed by atoms with van der Waals surface area (Å²) < 4.78 is 0. The number of amides is 1. The second kappa shape index (κ2) is 51.5. The van der Waals surface area contributed by atoms with E-state index in [4.69, 9.17) is 0 Å². The monoisotopic (exact) mass is 832 g/mol. The second-order valence-electron chi connectivity index (χ2n) is 19.0. The van der Waals surface area contributed by atoms with Crippen LogP contribution in [0.3, 0.4) is 0 Å². The fourth-order valence-corrected chi connectivity index (χ4v) is 8.83. The third-order valence-corrected chi connectivity index (χ3v) is 13.0. The number of carbonyl (C=O) groups is 1. The van der Waals surface area contributed by atoms with Gasteiger partial charge in [-0.15, -0.1) is 0 Å². The van der Waals surface area contributed by atoms with Crippen molar-refractivity contribution in [3.05, 3.63) is 12.2 Å². The van der Waals surface area contributed by atoms with Crippen molar-refractivity contribution in [1.29, 1.82) is 0 Å². The average molecular weight is 832 g/mol. The average Bonchev–Trinajstić information content (AvgIpc) is 3.24. The summed E-state index contributed by atoms with van der Waals surface area (Å²) in [6, 6.07) is -0.534. The smallest absolute Gasteiger partial charge is 0.220 e. The van der Waals surface area contributed by atoms with E-state index >= 15 is 0 Å². The molecule has 0 heterocycles. The molecule has 2 atom stereocenters. The zero-order valence-corrected chi connectivity index (χ0v) is 40.6. The number of allylic oxidation sites excluding steroid dienone is 2. The van der Waals surface area contributed by atoms with Crippen LogP contribution < -0.4 is 5.32 Å². The van der Waals surface area contributed by atoms with E-state index in [0.29, 0.717) is 12.8 Å². The van der Waals surface area contributed by atoms with Crippen molar-refractivity contribution in [2.24, 2.45) is 0 Å². The molecule has 0 aliphatic heterocycles. The van der Waals surface area contributed by atoms with Gasteiger partial charge in [-0.25, -0.2) is 0 Å². The van der Waals surface area contributed by atoms with Crippen LogP contribution in [0.25, 0.3) is 0 Å². The first-order valence-electron chi connectivity index (χ1n) is 27.4. The number of nitrogens with one attached hydrogen (secondary N) is 1. The summed E-state index contributed by atoms with van der Waals surface area (Å²) in [7, 11) is 0. The van der Waals surface area contributed by atoms with Crippen LogP contribution in [0.5, 0.6) is 0 Å². The molecule has 59 heavy (non-hydrogen) atoms. The third kappa shape index (κ3) is 48.0. The first-order valence-corrected chi connectivity index (χ1v) is 27.4. The van der Waals surface area contributed by atoms with Gasteiger partial charge in [0.15, 0.2) is 0 Å². The zero-order valence-electron chi connectivity index (χ0n) is 40.6. The van der Waals surface area contributed by atoms with E-state index in [-0.39, 0.29) is 12.5 Å². The largest absolute Gasteiger partial charge is 0.394 e. The second-order valence-corrected chi connectivity index (χ2v) is 19.0. The summed E-state index contributed by atoms with van der Waals surface area (Å²) >= 11 is 0. The molecule has 3 N–H and O–H groups in total. The summed E-state index contributed by atoms with van der Waals surface area (Å²) in [5.41, 5.74) is 0. The predicted molar refractivity (Wildman–Crippen MR) is 263 cm³/mol. The molecule has 0 saturated heterocycles. The molecule has 0 rings (SSSR count). The highest BCUT2D eigenvalue weighted by Crippen LogP contribution is 2.18. The van der Waals surface area contributed by atoms with Gasteiger partial charge in [0.25, 0.3) is 0 Å². The highest BCUT2D eigenvalue weighted by atomic mass is 16.3. The molecule has 4 heteroatoms. The fraction of sp³-hybridized carbons (Fsp3) is 0.945. The van der Waals surface area contributed by atoms with Gasteiger partial charge in [-0.2, -0.15) is 0 Å². The number of aliphatic hydroxyl groups excluding tert-OH is 2. The minimum atomic E-state index is -0.658. The minimum absolute atomic E-state index is 0.0262. The summed E-state index contributed by atoms with van der Waals surface area (Å²) in [5.74, 6) is -0.0262. The van der Waals surface area contributed by atoms with E-state index in [9.17, 15) is 15.0 Å². The van der Waals surface area contributed by atoms with Crippen molar-refractivity contribution in [3.8, 4) is 0 Å². The first kappa shape index (κ1) is 58.1. The third-order valence-electron chi connectivity index (χ3n) is 13.0. The van der Waals surface area contributed by atoms with Crippen molar-refractivity contribution >= 4 is 5.91 Å². The van der Waals surface area contributed by atoms with Gasteiger partial charge in [-0.3, -0.25) is 4.79 Å². The lowest BCUT2D eigenvalue weighted by Gasteiger charge is -2.22. The maximum atomic E-state index is 12.5. The molecule has 4 nitrogen and oxygen atoms in total. The van der Waals surface area contributed by atoms with Gasteiger partial charge >= 0.3 is 0 Å². The molecular formula is C55H109NO3. The van der Waals surface area contributed by atoms with Gasteiger partial charge in [0.2, 0.25) is 5.91 Å². The summed E-state index contributed by atoms with van der Waals surface area (Å²) in [6.45, 7) is 4.40. The van der Waals surface area contributed by atoms with Crippen LogP contribution in [0.1, 0.15) is 316 Å². The van der Waals surface area contributed by atoms with Gasteiger partial charge in [0.1, 0.15) is 0 Å². The van der Waals surface area contributed by atoms with Crippen LogP contribution in [0, 0.1) is 0 Å².